The summed E-state index contributed by atoms with van der Waals surface area (Å²) in [6.07, 6.45) is 8.48. The SMILES string of the molecule is C=C(CC)CC(=O)C1C2CC3CC(C2)CC1C3. The minimum atomic E-state index is 0.408. The summed E-state index contributed by atoms with van der Waals surface area (Å²) in [7, 11) is 0. The summed E-state index contributed by atoms with van der Waals surface area (Å²) in [5, 5.41) is 0. The molecule has 0 aromatic carbocycles. The van der Waals surface area contributed by atoms with E-state index in [2.05, 4.69) is 13.5 Å². The molecule has 4 saturated carbocycles. The highest BCUT2D eigenvalue weighted by Gasteiger charge is 2.50. The molecule has 0 saturated heterocycles. The van der Waals surface area contributed by atoms with Crippen LogP contribution in [-0.4, -0.2) is 5.78 Å². The number of hydrogen-bond donors (Lipinski definition) is 0. The summed E-state index contributed by atoms with van der Waals surface area (Å²) in [5.74, 6) is 4.34. The van der Waals surface area contributed by atoms with Gasteiger partial charge in [-0.15, -0.1) is 0 Å². The van der Waals surface area contributed by atoms with Crippen molar-refractivity contribution < 1.29 is 4.79 Å². The molecule has 0 aromatic heterocycles. The standard InChI is InChI=1S/C16H24O/c1-3-10(2)4-15(17)16-13-6-11-5-12(8-13)9-14(16)7-11/h11-14,16H,2-9H2,1H3. The smallest absolute Gasteiger partial charge is 0.140 e. The number of hydrogen-bond acceptors (Lipinski definition) is 1. The summed E-state index contributed by atoms with van der Waals surface area (Å²) in [5.41, 5.74) is 1.13. The van der Waals surface area contributed by atoms with Crippen molar-refractivity contribution in [2.45, 2.75) is 51.9 Å². The molecule has 0 amide bonds. The van der Waals surface area contributed by atoms with Gasteiger partial charge in [0.1, 0.15) is 5.78 Å². The average Bonchev–Trinajstić information content (AvgIpc) is 2.27. The Kier molecular flexibility index (Phi) is 2.88. The molecule has 0 heterocycles. The molecule has 4 aliphatic carbocycles. The van der Waals surface area contributed by atoms with E-state index in [9.17, 15) is 4.79 Å². The highest BCUT2D eigenvalue weighted by molar-refractivity contribution is 5.84. The van der Waals surface area contributed by atoms with Crippen molar-refractivity contribution in [1.82, 2.24) is 0 Å². The van der Waals surface area contributed by atoms with E-state index < -0.39 is 0 Å². The second-order valence-electron chi connectivity index (χ2n) is 6.70. The maximum Gasteiger partial charge on any atom is 0.140 e. The lowest BCUT2D eigenvalue weighted by molar-refractivity contribution is -0.135. The van der Waals surface area contributed by atoms with Crippen LogP contribution in [0.4, 0.5) is 0 Å². The fraction of sp³-hybridized carbons (Fsp3) is 0.812. The Hall–Kier alpha value is -0.590. The highest BCUT2D eigenvalue weighted by Crippen LogP contribution is 2.56. The van der Waals surface area contributed by atoms with Crippen LogP contribution in [0.5, 0.6) is 0 Å². The van der Waals surface area contributed by atoms with E-state index in [1.165, 1.54) is 32.1 Å². The third kappa shape index (κ3) is 1.98. The zero-order valence-electron chi connectivity index (χ0n) is 11.0. The van der Waals surface area contributed by atoms with Crippen molar-refractivity contribution in [3.05, 3.63) is 12.2 Å². The second kappa shape index (κ2) is 4.26. The predicted molar refractivity (Wildman–Crippen MR) is 69.6 cm³/mol. The molecule has 4 aliphatic rings. The summed E-state index contributed by atoms with van der Waals surface area (Å²) in [6.45, 7) is 6.11. The van der Waals surface area contributed by atoms with Crippen LogP contribution >= 0.6 is 0 Å². The third-order valence-corrected chi connectivity index (χ3v) is 5.52. The van der Waals surface area contributed by atoms with Crippen LogP contribution in [0.2, 0.25) is 0 Å². The average molecular weight is 232 g/mol. The maximum atomic E-state index is 12.4. The molecule has 4 rings (SSSR count). The van der Waals surface area contributed by atoms with Crippen molar-refractivity contribution in [3.8, 4) is 0 Å². The topological polar surface area (TPSA) is 17.1 Å². The zero-order valence-corrected chi connectivity index (χ0v) is 11.0. The number of ketones is 1. The van der Waals surface area contributed by atoms with Gasteiger partial charge in [-0.1, -0.05) is 19.1 Å². The van der Waals surface area contributed by atoms with E-state index >= 15 is 0 Å². The van der Waals surface area contributed by atoms with E-state index in [-0.39, 0.29) is 0 Å². The van der Waals surface area contributed by atoms with Gasteiger partial charge in [0.2, 0.25) is 0 Å². The Bertz CT molecular complexity index is 313. The van der Waals surface area contributed by atoms with E-state index in [4.69, 9.17) is 0 Å². The summed E-state index contributed by atoms with van der Waals surface area (Å²) in [4.78, 5) is 12.4. The molecule has 0 atom stereocenters. The van der Waals surface area contributed by atoms with Crippen LogP contribution in [-0.2, 0) is 4.79 Å². The van der Waals surface area contributed by atoms with Crippen molar-refractivity contribution in [2.75, 3.05) is 0 Å². The number of carbonyl (C=O) groups excluding carboxylic acids is 1. The fourth-order valence-electron chi connectivity index (χ4n) is 4.94. The van der Waals surface area contributed by atoms with Gasteiger partial charge in [-0.05, 0) is 62.2 Å². The summed E-state index contributed by atoms with van der Waals surface area (Å²) >= 11 is 0. The van der Waals surface area contributed by atoms with Gasteiger partial charge < -0.3 is 0 Å². The third-order valence-electron chi connectivity index (χ3n) is 5.52. The number of Topliss-reactive ketones (excluding diaryl/α,β-unsaturated/α-hetero) is 1. The van der Waals surface area contributed by atoms with Crippen molar-refractivity contribution in [3.63, 3.8) is 0 Å². The largest absolute Gasteiger partial charge is 0.299 e. The van der Waals surface area contributed by atoms with Crippen LogP contribution in [0.15, 0.2) is 12.2 Å². The molecule has 17 heavy (non-hydrogen) atoms. The Morgan fingerprint density at radius 1 is 1.06 bits per heavy atom. The lowest BCUT2D eigenvalue weighted by Gasteiger charge is -2.53. The summed E-state index contributed by atoms with van der Waals surface area (Å²) in [6, 6.07) is 0. The van der Waals surface area contributed by atoms with E-state index in [0.717, 1.165) is 35.7 Å². The maximum absolute atomic E-state index is 12.4. The van der Waals surface area contributed by atoms with Crippen LogP contribution < -0.4 is 0 Å². The Balaban J connectivity index is 1.71. The Morgan fingerprint density at radius 2 is 1.59 bits per heavy atom. The van der Waals surface area contributed by atoms with Crippen LogP contribution in [0.1, 0.15) is 51.9 Å². The number of rotatable bonds is 4. The zero-order chi connectivity index (χ0) is 12.0. The Labute approximate surface area is 105 Å². The van der Waals surface area contributed by atoms with Gasteiger partial charge >= 0.3 is 0 Å². The van der Waals surface area contributed by atoms with Gasteiger partial charge in [-0.25, -0.2) is 0 Å². The fourth-order valence-corrected chi connectivity index (χ4v) is 4.94. The molecule has 1 nitrogen and oxygen atoms in total. The van der Waals surface area contributed by atoms with Crippen LogP contribution in [0.25, 0.3) is 0 Å². The predicted octanol–water partition coefficient (Wildman–Crippen LogP) is 3.98. The van der Waals surface area contributed by atoms with E-state index in [1.54, 1.807) is 0 Å². The molecule has 0 N–H and O–H groups in total. The van der Waals surface area contributed by atoms with Gasteiger partial charge in [-0.3, -0.25) is 4.79 Å². The first-order valence-electron chi connectivity index (χ1n) is 7.36. The molecule has 0 spiro atoms. The molecule has 0 unspecified atom stereocenters. The molecule has 0 radical (unpaired) electrons. The minimum Gasteiger partial charge on any atom is -0.299 e. The van der Waals surface area contributed by atoms with Gasteiger partial charge in [0.05, 0.1) is 0 Å². The monoisotopic (exact) mass is 232 g/mol. The lowest BCUT2D eigenvalue weighted by Crippen LogP contribution is -2.48. The number of allylic oxidation sites excluding steroid dienone is 1. The van der Waals surface area contributed by atoms with Crippen LogP contribution in [0, 0.1) is 29.6 Å². The van der Waals surface area contributed by atoms with Crippen molar-refractivity contribution in [2.24, 2.45) is 29.6 Å². The molecule has 0 aromatic rings. The molecular formula is C16H24O. The number of carbonyl (C=O) groups is 1. The normalized spacial score (nSPS) is 42.8. The van der Waals surface area contributed by atoms with Crippen LogP contribution in [0.3, 0.4) is 0 Å². The highest BCUT2D eigenvalue weighted by atomic mass is 16.1. The quantitative estimate of drug-likeness (QED) is 0.670. The first-order valence-corrected chi connectivity index (χ1v) is 7.36. The molecule has 0 aliphatic heterocycles. The molecule has 94 valence electrons. The molecule has 1 heteroatoms. The van der Waals surface area contributed by atoms with E-state index in [0.29, 0.717) is 18.1 Å². The van der Waals surface area contributed by atoms with Crippen molar-refractivity contribution >= 4 is 5.78 Å². The van der Waals surface area contributed by atoms with Crippen molar-refractivity contribution in [1.29, 1.82) is 0 Å². The van der Waals surface area contributed by atoms with Gasteiger partial charge in [-0.2, -0.15) is 0 Å². The minimum absolute atomic E-state index is 0.408. The first-order chi connectivity index (χ1) is 8.17. The lowest BCUT2D eigenvalue weighted by atomic mass is 9.51. The summed E-state index contributed by atoms with van der Waals surface area (Å²) < 4.78 is 0. The molecule has 4 bridgehead atoms. The second-order valence-corrected chi connectivity index (χ2v) is 6.70. The first kappa shape index (κ1) is 11.5. The van der Waals surface area contributed by atoms with Gasteiger partial charge in [0.25, 0.3) is 0 Å². The molecule has 4 fully saturated rings. The Morgan fingerprint density at radius 3 is 2.06 bits per heavy atom. The van der Waals surface area contributed by atoms with E-state index in [1.807, 2.05) is 0 Å². The van der Waals surface area contributed by atoms with Gasteiger partial charge in [0.15, 0.2) is 0 Å². The molecular weight excluding hydrogens is 208 g/mol. The van der Waals surface area contributed by atoms with Gasteiger partial charge in [0, 0.05) is 12.3 Å².